The van der Waals surface area contributed by atoms with Crippen LogP contribution in [0.3, 0.4) is 0 Å². The van der Waals surface area contributed by atoms with E-state index in [1.165, 1.54) is 18.2 Å². The van der Waals surface area contributed by atoms with Gasteiger partial charge in [0, 0.05) is 43.8 Å². The number of carbonyl (C=O) groups excluding carboxylic acids is 1. The fraction of sp³-hybridized carbons (Fsp3) is 0.346. The number of piperazine rings is 1. The highest BCUT2D eigenvalue weighted by Crippen LogP contribution is 2.28. The van der Waals surface area contributed by atoms with Crippen LogP contribution in [0, 0.1) is 6.92 Å². The first-order chi connectivity index (χ1) is 17.7. The first-order valence-electron chi connectivity index (χ1n) is 12.2. The van der Waals surface area contributed by atoms with Crippen molar-refractivity contribution in [2.75, 3.05) is 48.9 Å². The number of anilines is 2. The third-order valence-corrected chi connectivity index (χ3v) is 7.84. The van der Waals surface area contributed by atoms with Crippen LogP contribution in [0.5, 0.6) is 0 Å². The first kappa shape index (κ1) is 35.2. The predicted octanol–water partition coefficient (Wildman–Crippen LogP) is 3.96. The molecule has 0 bridgehead atoms. The Morgan fingerprint density at radius 2 is 1.68 bits per heavy atom. The van der Waals surface area contributed by atoms with Crippen molar-refractivity contribution in [2.24, 2.45) is 0 Å². The van der Waals surface area contributed by atoms with Gasteiger partial charge in [-0.3, -0.25) is 14.4 Å². The lowest BCUT2D eigenvalue weighted by molar-refractivity contribution is -0.122. The molecular weight excluding hydrogens is 601 g/mol. The van der Waals surface area contributed by atoms with Crippen LogP contribution < -0.4 is 14.9 Å². The van der Waals surface area contributed by atoms with Crippen LogP contribution >= 0.6 is 37.2 Å². The Kier molecular flexibility index (Phi) is 13.4. The van der Waals surface area contributed by atoms with Crippen LogP contribution in [0.4, 0.5) is 11.5 Å². The summed E-state index contributed by atoms with van der Waals surface area (Å²) in [5.74, 6) is -0.590. The molecule has 1 aliphatic rings. The van der Waals surface area contributed by atoms with Crippen molar-refractivity contribution in [1.29, 1.82) is 0 Å². The zero-order valence-electron chi connectivity index (χ0n) is 22.1. The molecule has 0 aliphatic carbocycles. The van der Waals surface area contributed by atoms with Gasteiger partial charge in [0.2, 0.25) is 5.91 Å². The largest absolute Gasteiger partial charge is 0.478 e. The summed E-state index contributed by atoms with van der Waals surface area (Å²) in [7, 11) is -3.85. The van der Waals surface area contributed by atoms with E-state index >= 15 is 0 Å². The molecule has 3 aromatic rings. The van der Waals surface area contributed by atoms with Crippen LogP contribution in [-0.4, -0.2) is 74.6 Å². The number of pyridine rings is 1. The fourth-order valence-electron chi connectivity index (χ4n) is 4.34. The van der Waals surface area contributed by atoms with Crippen LogP contribution in [0.15, 0.2) is 53.4 Å². The second-order valence-electron chi connectivity index (χ2n) is 9.05. The Morgan fingerprint density at radius 3 is 2.30 bits per heavy atom. The van der Waals surface area contributed by atoms with Gasteiger partial charge in [0.05, 0.1) is 22.5 Å². The topological polar surface area (TPSA) is 132 Å². The van der Waals surface area contributed by atoms with E-state index in [4.69, 9.17) is 0 Å². The number of aromatic carboxylic acids is 1. The van der Waals surface area contributed by atoms with Gasteiger partial charge in [-0.2, -0.15) is 0 Å². The molecule has 1 aliphatic heterocycles. The number of nitrogens with one attached hydrogen (secondary N) is 2. The van der Waals surface area contributed by atoms with Crippen molar-refractivity contribution in [2.45, 2.75) is 25.2 Å². The van der Waals surface area contributed by atoms with E-state index in [1.54, 1.807) is 37.3 Å². The number of hydrogen-bond donors (Lipinski definition) is 3. The van der Waals surface area contributed by atoms with Crippen LogP contribution in [0.1, 0.15) is 29.3 Å². The number of hydrogen-bond acceptors (Lipinski definition) is 7. The van der Waals surface area contributed by atoms with Crippen molar-refractivity contribution in [3.63, 3.8) is 0 Å². The van der Waals surface area contributed by atoms with E-state index in [2.05, 4.69) is 19.9 Å². The van der Waals surface area contributed by atoms with Crippen molar-refractivity contribution >= 4 is 81.5 Å². The maximum Gasteiger partial charge on any atom is 0.336 e. The number of carbonyl (C=O) groups is 2. The van der Waals surface area contributed by atoms with Crippen LogP contribution in [0.25, 0.3) is 10.9 Å². The second-order valence-corrected chi connectivity index (χ2v) is 10.7. The Labute approximate surface area is 252 Å². The van der Waals surface area contributed by atoms with Gasteiger partial charge in [-0.15, -0.1) is 37.2 Å². The predicted molar refractivity (Wildman–Crippen MR) is 164 cm³/mol. The van der Waals surface area contributed by atoms with Crippen molar-refractivity contribution in [3.8, 4) is 0 Å². The molecule has 0 radical (unpaired) electrons. The first-order valence-corrected chi connectivity index (χ1v) is 13.7. The Morgan fingerprint density at radius 1 is 1.00 bits per heavy atom. The summed E-state index contributed by atoms with van der Waals surface area (Å²) in [5.41, 5.74) is 1.35. The molecule has 1 aromatic heterocycles. The van der Waals surface area contributed by atoms with E-state index in [0.717, 1.165) is 6.42 Å². The number of benzene rings is 2. The summed E-state index contributed by atoms with van der Waals surface area (Å²) in [6.45, 7) is 7.23. The number of amides is 1. The van der Waals surface area contributed by atoms with Gasteiger partial charge in [0.15, 0.2) is 0 Å². The van der Waals surface area contributed by atoms with Crippen molar-refractivity contribution in [3.05, 3.63) is 59.7 Å². The molecule has 10 nitrogen and oxygen atoms in total. The molecule has 40 heavy (non-hydrogen) atoms. The summed E-state index contributed by atoms with van der Waals surface area (Å²) in [6, 6.07) is 12.9. The zero-order valence-corrected chi connectivity index (χ0v) is 25.4. The van der Waals surface area contributed by atoms with Gasteiger partial charge >= 0.3 is 5.97 Å². The molecule has 1 fully saturated rings. The van der Waals surface area contributed by atoms with Crippen molar-refractivity contribution in [1.82, 2.24) is 15.2 Å². The van der Waals surface area contributed by atoms with Crippen LogP contribution in [-0.2, 0) is 14.8 Å². The number of rotatable bonds is 9. The van der Waals surface area contributed by atoms with E-state index < -0.39 is 16.0 Å². The molecule has 1 saturated heterocycles. The van der Waals surface area contributed by atoms with Crippen LogP contribution in [0.2, 0.25) is 0 Å². The number of halogens is 3. The summed E-state index contributed by atoms with van der Waals surface area (Å²) < 4.78 is 28.4. The number of carboxylic acid groups (broad SMARTS) is 1. The van der Waals surface area contributed by atoms with Gasteiger partial charge < -0.3 is 15.3 Å². The average Bonchev–Trinajstić information content (AvgIpc) is 2.87. The minimum absolute atomic E-state index is 0. The lowest BCUT2D eigenvalue weighted by atomic mass is 10.1. The molecule has 2 aromatic carbocycles. The minimum Gasteiger partial charge on any atom is -0.478 e. The lowest BCUT2D eigenvalue weighted by Crippen LogP contribution is -2.49. The SMILES string of the molecule is CCCNC(=O)CN1CCN(c2cc(C(=O)O)c3cc(NS(=O)(=O)c4ccccc4C)ccc3n2)CC1.Cl.Cl.Cl. The van der Waals surface area contributed by atoms with Gasteiger partial charge in [-0.25, -0.2) is 18.2 Å². The maximum atomic E-state index is 12.9. The highest BCUT2D eigenvalue weighted by atomic mass is 35.5. The average molecular weight is 635 g/mol. The molecule has 220 valence electrons. The number of aromatic nitrogens is 1. The Hall–Kier alpha value is -2.83. The molecule has 2 heterocycles. The lowest BCUT2D eigenvalue weighted by Gasteiger charge is -2.35. The molecule has 0 saturated carbocycles. The summed E-state index contributed by atoms with van der Waals surface area (Å²) in [6.07, 6.45) is 0.888. The van der Waals surface area contributed by atoms with Gasteiger partial charge in [0.25, 0.3) is 10.0 Å². The second kappa shape index (κ2) is 15.2. The number of nitrogens with zero attached hydrogens (tertiary/aromatic N) is 3. The molecular formula is C26H34Cl3N5O5S. The summed E-state index contributed by atoms with van der Waals surface area (Å²) >= 11 is 0. The van der Waals surface area contributed by atoms with E-state index in [9.17, 15) is 23.1 Å². The summed E-state index contributed by atoms with van der Waals surface area (Å²) in [4.78, 5) is 33.0. The minimum atomic E-state index is -3.85. The molecule has 14 heteroatoms. The Bertz CT molecular complexity index is 1430. The van der Waals surface area contributed by atoms with E-state index in [0.29, 0.717) is 61.6 Å². The van der Waals surface area contributed by atoms with Gasteiger partial charge in [-0.05, 0) is 49.2 Å². The normalized spacial score (nSPS) is 13.4. The molecule has 3 N–H and O–H groups in total. The van der Waals surface area contributed by atoms with Gasteiger partial charge in [-0.1, -0.05) is 25.1 Å². The Balaban J connectivity index is 0.00000267. The number of carboxylic acids is 1. The van der Waals surface area contributed by atoms with Crippen molar-refractivity contribution < 1.29 is 23.1 Å². The van der Waals surface area contributed by atoms with Gasteiger partial charge in [0.1, 0.15) is 5.82 Å². The molecule has 0 spiro atoms. The highest BCUT2D eigenvalue weighted by molar-refractivity contribution is 7.92. The van der Waals surface area contributed by atoms with E-state index in [1.807, 2.05) is 11.8 Å². The summed E-state index contributed by atoms with van der Waals surface area (Å²) in [5, 5.41) is 13.1. The standard InChI is InChI=1S/C26H31N5O5S.3ClH/c1-3-10-27-25(32)17-30-11-13-31(14-12-30)24-16-21(26(33)34)20-15-19(8-9-22(20)28-24)29-37(35,36)23-7-5-4-6-18(23)2;;;/h4-9,15-16,29H,3,10-14,17H2,1-2H3,(H,27,32)(H,33,34);3*1H. The fourth-order valence-corrected chi connectivity index (χ4v) is 5.64. The maximum absolute atomic E-state index is 12.9. The van der Waals surface area contributed by atoms with E-state index in [-0.39, 0.29) is 59.3 Å². The molecule has 4 rings (SSSR count). The quantitative estimate of drug-likeness (QED) is 0.322. The monoisotopic (exact) mass is 633 g/mol. The number of sulfonamides is 1. The highest BCUT2D eigenvalue weighted by Gasteiger charge is 2.23. The third kappa shape index (κ3) is 8.34. The third-order valence-electron chi connectivity index (χ3n) is 6.30. The zero-order chi connectivity index (χ0) is 26.6. The molecule has 0 unspecified atom stereocenters. The smallest absolute Gasteiger partial charge is 0.336 e. The number of aryl methyl sites for hydroxylation is 1. The number of fused-ring (bicyclic) bond motifs is 1. The molecule has 0 atom stereocenters. The molecule has 1 amide bonds.